The van der Waals surface area contributed by atoms with Gasteiger partial charge in [-0.2, -0.15) is 0 Å². The first-order valence-corrected chi connectivity index (χ1v) is 9.05. The number of amides is 1. The Hall–Kier alpha value is -1.44. The number of aromatic nitrogens is 1. The van der Waals surface area contributed by atoms with E-state index in [1.54, 1.807) is 20.1 Å². The fourth-order valence-electron chi connectivity index (χ4n) is 4.02. The van der Waals surface area contributed by atoms with Crippen LogP contribution in [-0.4, -0.2) is 80.0 Å². The Morgan fingerprint density at radius 2 is 2.40 bits per heavy atom. The molecule has 1 spiro atoms. The number of nitrogens with zero attached hydrogens (tertiary/aromatic N) is 3. The molecule has 140 valence electrons. The number of rotatable bonds is 6. The molecular weight excluding hydrogens is 322 g/mol. The van der Waals surface area contributed by atoms with Crippen LogP contribution in [0.5, 0.6) is 0 Å². The van der Waals surface area contributed by atoms with Crippen molar-refractivity contribution >= 4 is 5.91 Å². The monoisotopic (exact) mass is 351 g/mol. The van der Waals surface area contributed by atoms with Crippen LogP contribution in [0.4, 0.5) is 0 Å². The highest BCUT2D eigenvalue weighted by molar-refractivity contribution is 5.92. The summed E-state index contributed by atoms with van der Waals surface area (Å²) in [6.07, 6.45) is 2.99. The third-order valence-electron chi connectivity index (χ3n) is 5.21. The van der Waals surface area contributed by atoms with Gasteiger partial charge in [0.1, 0.15) is 5.76 Å². The maximum Gasteiger partial charge on any atom is 0.276 e. The van der Waals surface area contributed by atoms with Gasteiger partial charge in [-0.1, -0.05) is 5.16 Å². The first-order chi connectivity index (χ1) is 12.0. The molecule has 0 saturated carbocycles. The zero-order valence-electron chi connectivity index (χ0n) is 15.5. The van der Waals surface area contributed by atoms with Crippen LogP contribution in [0.2, 0.25) is 0 Å². The van der Waals surface area contributed by atoms with Gasteiger partial charge in [-0.15, -0.1) is 0 Å². The topological polar surface area (TPSA) is 68.0 Å². The zero-order chi connectivity index (χ0) is 17.9. The SMILES string of the molecule is COCCN(C)C[C@H]1CO[C@@]2(CCCN(C(=O)c3cc(C)on3)C2)C1. The van der Waals surface area contributed by atoms with E-state index in [0.29, 0.717) is 23.9 Å². The zero-order valence-corrected chi connectivity index (χ0v) is 15.5. The number of likely N-dealkylation sites (N-methyl/N-ethyl adjacent to an activating group) is 1. The van der Waals surface area contributed by atoms with Gasteiger partial charge in [0.25, 0.3) is 5.91 Å². The molecular formula is C18H29N3O4. The molecule has 0 aliphatic carbocycles. The molecule has 3 heterocycles. The minimum atomic E-state index is -0.195. The minimum Gasteiger partial charge on any atom is -0.383 e. The van der Waals surface area contributed by atoms with Crippen LogP contribution in [0, 0.1) is 12.8 Å². The van der Waals surface area contributed by atoms with E-state index >= 15 is 0 Å². The second-order valence-electron chi connectivity index (χ2n) is 7.47. The van der Waals surface area contributed by atoms with Crippen molar-refractivity contribution in [2.75, 3.05) is 53.6 Å². The summed E-state index contributed by atoms with van der Waals surface area (Å²) < 4.78 is 16.4. The molecule has 0 radical (unpaired) electrons. The van der Waals surface area contributed by atoms with Gasteiger partial charge in [-0.25, -0.2) is 0 Å². The Balaban J connectivity index is 1.56. The lowest BCUT2D eigenvalue weighted by Gasteiger charge is -2.39. The molecule has 7 heteroatoms. The predicted octanol–water partition coefficient (Wildman–Crippen LogP) is 1.57. The number of carbonyl (C=O) groups is 1. The third-order valence-corrected chi connectivity index (χ3v) is 5.21. The van der Waals surface area contributed by atoms with Crippen LogP contribution >= 0.6 is 0 Å². The van der Waals surface area contributed by atoms with Gasteiger partial charge in [-0.05, 0) is 39.2 Å². The van der Waals surface area contributed by atoms with Crippen molar-refractivity contribution in [3.63, 3.8) is 0 Å². The first kappa shape index (κ1) is 18.4. The van der Waals surface area contributed by atoms with Crippen molar-refractivity contribution < 1.29 is 18.8 Å². The lowest BCUT2D eigenvalue weighted by Crippen LogP contribution is -2.50. The Morgan fingerprint density at radius 3 is 3.12 bits per heavy atom. The van der Waals surface area contributed by atoms with E-state index in [1.165, 1.54) is 0 Å². The predicted molar refractivity (Wildman–Crippen MR) is 92.5 cm³/mol. The van der Waals surface area contributed by atoms with Crippen LogP contribution in [0.1, 0.15) is 35.5 Å². The van der Waals surface area contributed by atoms with Crippen LogP contribution in [0.25, 0.3) is 0 Å². The standard InChI is InChI=1S/C18H29N3O4/c1-14-9-16(19-25-14)17(22)21-6-4-5-18(13-21)10-15(12-24-18)11-20(2)7-8-23-3/h9,15H,4-8,10-13H2,1-3H3/t15-,18-/m0/s1. The molecule has 0 N–H and O–H groups in total. The van der Waals surface area contributed by atoms with E-state index in [2.05, 4.69) is 17.1 Å². The summed E-state index contributed by atoms with van der Waals surface area (Å²) in [6.45, 7) is 6.64. The van der Waals surface area contributed by atoms with E-state index in [-0.39, 0.29) is 11.5 Å². The summed E-state index contributed by atoms with van der Waals surface area (Å²) in [5.41, 5.74) is 0.197. The number of likely N-dealkylation sites (tertiary alicyclic amines) is 1. The number of hydrogen-bond donors (Lipinski definition) is 0. The normalized spacial score (nSPS) is 26.7. The molecule has 1 aromatic rings. The summed E-state index contributed by atoms with van der Waals surface area (Å²) in [5, 5.41) is 3.86. The summed E-state index contributed by atoms with van der Waals surface area (Å²) in [4.78, 5) is 16.8. The molecule has 2 saturated heterocycles. The molecule has 1 amide bonds. The van der Waals surface area contributed by atoms with Gasteiger partial charge in [-0.3, -0.25) is 4.79 Å². The molecule has 1 aromatic heterocycles. The number of hydrogen-bond acceptors (Lipinski definition) is 6. The summed E-state index contributed by atoms with van der Waals surface area (Å²) in [7, 11) is 3.85. The maximum atomic E-state index is 12.7. The molecule has 2 aliphatic rings. The molecule has 2 fully saturated rings. The van der Waals surface area contributed by atoms with Gasteiger partial charge in [0, 0.05) is 32.8 Å². The van der Waals surface area contributed by atoms with Crippen molar-refractivity contribution in [3.8, 4) is 0 Å². The molecule has 2 aliphatic heterocycles. The largest absolute Gasteiger partial charge is 0.383 e. The van der Waals surface area contributed by atoms with E-state index in [0.717, 1.165) is 52.1 Å². The van der Waals surface area contributed by atoms with Gasteiger partial charge in [0.2, 0.25) is 0 Å². The van der Waals surface area contributed by atoms with Gasteiger partial charge in [0.05, 0.1) is 25.4 Å². The number of piperidine rings is 1. The summed E-state index contributed by atoms with van der Waals surface area (Å²) in [6, 6.07) is 1.70. The quantitative estimate of drug-likeness (QED) is 0.775. The van der Waals surface area contributed by atoms with Crippen molar-refractivity contribution in [2.24, 2.45) is 5.92 Å². The second-order valence-corrected chi connectivity index (χ2v) is 7.47. The Morgan fingerprint density at radius 1 is 1.56 bits per heavy atom. The van der Waals surface area contributed by atoms with Crippen LogP contribution in [-0.2, 0) is 9.47 Å². The minimum absolute atomic E-state index is 0.0554. The van der Waals surface area contributed by atoms with Crippen LogP contribution in [0.3, 0.4) is 0 Å². The number of aryl methyl sites for hydroxylation is 1. The molecule has 3 rings (SSSR count). The fraction of sp³-hybridized carbons (Fsp3) is 0.778. The van der Waals surface area contributed by atoms with Gasteiger partial charge < -0.3 is 23.8 Å². The summed E-state index contributed by atoms with van der Waals surface area (Å²) >= 11 is 0. The second kappa shape index (κ2) is 7.85. The molecule has 0 unspecified atom stereocenters. The Labute approximate surface area is 149 Å². The van der Waals surface area contributed by atoms with Crippen molar-refractivity contribution in [3.05, 3.63) is 17.5 Å². The average molecular weight is 351 g/mol. The fourth-order valence-corrected chi connectivity index (χ4v) is 4.02. The van der Waals surface area contributed by atoms with E-state index in [1.807, 2.05) is 4.90 Å². The smallest absolute Gasteiger partial charge is 0.276 e. The highest BCUT2D eigenvalue weighted by Gasteiger charge is 2.44. The maximum absolute atomic E-state index is 12.7. The number of ether oxygens (including phenoxy) is 2. The third kappa shape index (κ3) is 4.40. The van der Waals surface area contributed by atoms with E-state index in [4.69, 9.17) is 14.0 Å². The molecule has 25 heavy (non-hydrogen) atoms. The van der Waals surface area contributed by atoms with E-state index < -0.39 is 0 Å². The van der Waals surface area contributed by atoms with Crippen molar-refractivity contribution in [1.82, 2.24) is 15.0 Å². The summed E-state index contributed by atoms with van der Waals surface area (Å²) in [5.74, 6) is 1.11. The van der Waals surface area contributed by atoms with Crippen LogP contribution in [0.15, 0.2) is 10.6 Å². The average Bonchev–Trinajstić information content (AvgIpc) is 3.19. The van der Waals surface area contributed by atoms with Gasteiger partial charge in [0.15, 0.2) is 5.69 Å². The molecule has 0 aromatic carbocycles. The Bertz CT molecular complexity index is 591. The van der Waals surface area contributed by atoms with Crippen molar-refractivity contribution in [1.29, 1.82) is 0 Å². The van der Waals surface area contributed by atoms with Gasteiger partial charge >= 0.3 is 0 Å². The first-order valence-electron chi connectivity index (χ1n) is 9.05. The lowest BCUT2D eigenvalue weighted by molar-refractivity contribution is -0.0452. The molecule has 2 atom stereocenters. The molecule has 0 bridgehead atoms. The molecule has 7 nitrogen and oxygen atoms in total. The number of carbonyl (C=O) groups excluding carboxylic acids is 1. The number of methoxy groups -OCH3 is 1. The highest BCUT2D eigenvalue weighted by atomic mass is 16.5. The van der Waals surface area contributed by atoms with E-state index in [9.17, 15) is 4.79 Å². The van der Waals surface area contributed by atoms with Crippen molar-refractivity contribution in [2.45, 2.75) is 31.8 Å². The van der Waals surface area contributed by atoms with Crippen LogP contribution < -0.4 is 0 Å². The lowest BCUT2D eigenvalue weighted by atomic mass is 9.86. The Kier molecular flexibility index (Phi) is 5.76. The highest BCUT2D eigenvalue weighted by Crippen LogP contribution is 2.38.